The summed E-state index contributed by atoms with van der Waals surface area (Å²) in [5.41, 5.74) is 3.07. The number of benzene rings is 3. The Labute approximate surface area is 208 Å². The maximum absolute atomic E-state index is 13.7. The first kappa shape index (κ1) is 21.9. The van der Waals surface area contributed by atoms with Gasteiger partial charge in [0.1, 0.15) is 18.2 Å². The summed E-state index contributed by atoms with van der Waals surface area (Å²) in [7, 11) is 0. The summed E-state index contributed by atoms with van der Waals surface area (Å²) in [5, 5.41) is 9.80. The van der Waals surface area contributed by atoms with Gasteiger partial charge in [-0.15, -0.1) is 10.2 Å². The molecule has 6 rings (SSSR count). The number of carbonyl (C=O) groups is 1. The van der Waals surface area contributed by atoms with Gasteiger partial charge in [-0.1, -0.05) is 84.6 Å². The van der Waals surface area contributed by atoms with Gasteiger partial charge in [-0.05, 0) is 36.1 Å². The van der Waals surface area contributed by atoms with Crippen LogP contribution in [0.25, 0.3) is 0 Å². The van der Waals surface area contributed by atoms with Crippen molar-refractivity contribution in [1.82, 2.24) is 14.8 Å². The Balaban J connectivity index is 1.26. The van der Waals surface area contributed by atoms with E-state index in [9.17, 15) is 4.79 Å². The fourth-order valence-corrected chi connectivity index (χ4v) is 5.38. The van der Waals surface area contributed by atoms with Crippen LogP contribution in [0.5, 0.6) is 5.75 Å². The lowest BCUT2D eigenvalue weighted by Crippen LogP contribution is -2.42. The third kappa shape index (κ3) is 4.56. The summed E-state index contributed by atoms with van der Waals surface area (Å²) >= 11 is 1.46. The van der Waals surface area contributed by atoms with Crippen molar-refractivity contribution in [2.24, 2.45) is 0 Å². The summed E-state index contributed by atoms with van der Waals surface area (Å²) in [6.07, 6.45) is 2.31. The number of anilines is 1. The summed E-state index contributed by atoms with van der Waals surface area (Å²) in [4.78, 5) is 15.6. The van der Waals surface area contributed by atoms with Crippen LogP contribution in [0.2, 0.25) is 0 Å². The lowest BCUT2D eigenvalue weighted by Gasteiger charge is -2.37. The Bertz CT molecular complexity index is 1320. The number of fused-ring (bicyclic) bond motifs is 1. The van der Waals surface area contributed by atoms with Crippen LogP contribution in [0, 0.1) is 0 Å². The Morgan fingerprint density at radius 1 is 0.914 bits per heavy atom. The Kier molecular flexibility index (Phi) is 6.00. The Morgan fingerprint density at radius 3 is 2.40 bits per heavy atom. The second-order valence-electron chi connectivity index (χ2n) is 8.94. The van der Waals surface area contributed by atoms with E-state index in [4.69, 9.17) is 4.74 Å². The third-order valence-corrected chi connectivity index (χ3v) is 7.43. The predicted octanol–water partition coefficient (Wildman–Crippen LogP) is 5.46. The molecule has 3 aromatic carbocycles. The van der Waals surface area contributed by atoms with Crippen LogP contribution in [0.15, 0.2) is 90.1 Å². The number of aromatic nitrogens is 3. The highest BCUT2D eigenvalue weighted by atomic mass is 32.2. The first-order valence-corrected chi connectivity index (χ1v) is 12.9. The third-order valence-electron chi connectivity index (χ3n) is 6.48. The molecule has 2 heterocycles. The summed E-state index contributed by atoms with van der Waals surface area (Å²) in [5.74, 6) is 2.55. The quantitative estimate of drug-likeness (QED) is 0.327. The van der Waals surface area contributed by atoms with Gasteiger partial charge in [-0.3, -0.25) is 9.69 Å². The van der Waals surface area contributed by atoms with Crippen molar-refractivity contribution < 1.29 is 9.53 Å². The van der Waals surface area contributed by atoms with Crippen molar-refractivity contribution in [1.29, 1.82) is 0 Å². The first-order chi connectivity index (χ1) is 17.3. The van der Waals surface area contributed by atoms with Gasteiger partial charge in [0.05, 0.1) is 24.0 Å². The molecule has 1 fully saturated rings. The molecule has 1 aromatic heterocycles. The van der Waals surface area contributed by atoms with Gasteiger partial charge in [-0.25, -0.2) is 0 Å². The van der Waals surface area contributed by atoms with Crippen molar-refractivity contribution in [2.75, 3.05) is 17.3 Å². The molecule has 176 valence electrons. The van der Waals surface area contributed by atoms with E-state index in [1.807, 2.05) is 77.7 Å². The number of hydrogen-bond donors (Lipinski definition) is 0. The minimum absolute atomic E-state index is 0.0295. The van der Waals surface area contributed by atoms with Crippen LogP contribution in [-0.4, -0.2) is 33.0 Å². The van der Waals surface area contributed by atoms with Gasteiger partial charge in [-0.2, -0.15) is 0 Å². The van der Waals surface area contributed by atoms with E-state index in [0.29, 0.717) is 19.1 Å². The zero-order valence-corrected chi connectivity index (χ0v) is 20.1. The molecule has 0 N–H and O–H groups in total. The number of para-hydroxylation sites is 2. The first-order valence-electron chi connectivity index (χ1n) is 12.0. The Morgan fingerprint density at radius 2 is 1.63 bits per heavy atom. The molecule has 0 bridgehead atoms. The molecule has 1 saturated carbocycles. The maximum atomic E-state index is 13.7. The van der Waals surface area contributed by atoms with E-state index in [-0.39, 0.29) is 17.7 Å². The predicted molar refractivity (Wildman–Crippen MR) is 137 cm³/mol. The second kappa shape index (κ2) is 9.58. The average molecular weight is 483 g/mol. The summed E-state index contributed by atoms with van der Waals surface area (Å²) in [6.45, 7) is 1.14. The van der Waals surface area contributed by atoms with Crippen molar-refractivity contribution in [2.45, 2.75) is 36.5 Å². The average Bonchev–Trinajstić information content (AvgIpc) is 3.69. The molecule has 0 radical (unpaired) electrons. The van der Waals surface area contributed by atoms with Crippen molar-refractivity contribution in [3.05, 3.63) is 102 Å². The van der Waals surface area contributed by atoms with Crippen LogP contribution >= 0.6 is 11.8 Å². The van der Waals surface area contributed by atoms with Gasteiger partial charge >= 0.3 is 0 Å². The molecule has 2 aliphatic rings. The second-order valence-corrected chi connectivity index (χ2v) is 9.89. The van der Waals surface area contributed by atoms with Crippen LogP contribution in [0.3, 0.4) is 0 Å². The monoisotopic (exact) mass is 482 g/mol. The molecule has 1 atom stereocenters. The van der Waals surface area contributed by atoms with Crippen molar-refractivity contribution >= 4 is 23.4 Å². The smallest absolute Gasteiger partial charge is 0.238 e. The standard InChI is InChI=1S/C28H26N4O2S/c33-26(32-23-13-7-8-14-25(23)34-18-24(32)21-11-5-2-6-12-21)19-35-28-30-29-27(22-15-16-22)31(28)17-20-9-3-1-4-10-20/h1-14,22,24H,15-19H2/t24-/m0/s1. The SMILES string of the molecule is O=C(CSc1nnc(C2CC2)n1Cc1ccccc1)N1c2ccccc2OC[C@H]1c1ccccc1. The van der Waals surface area contributed by atoms with Gasteiger partial charge in [0.2, 0.25) is 5.91 Å². The number of carbonyl (C=O) groups excluding carboxylic acids is 1. The van der Waals surface area contributed by atoms with E-state index >= 15 is 0 Å². The number of thioether (sulfide) groups is 1. The fourth-order valence-electron chi connectivity index (χ4n) is 4.58. The molecule has 1 amide bonds. The molecule has 1 aliphatic heterocycles. The minimum Gasteiger partial charge on any atom is -0.489 e. The van der Waals surface area contributed by atoms with Gasteiger partial charge < -0.3 is 9.30 Å². The maximum Gasteiger partial charge on any atom is 0.238 e. The van der Waals surface area contributed by atoms with Crippen LogP contribution in [0.1, 0.15) is 41.8 Å². The van der Waals surface area contributed by atoms with E-state index in [0.717, 1.165) is 40.8 Å². The normalized spacial score (nSPS) is 17.0. The zero-order chi connectivity index (χ0) is 23.6. The number of amides is 1. The lowest BCUT2D eigenvalue weighted by atomic mass is 10.0. The van der Waals surface area contributed by atoms with Gasteiger partial charge in [0.15, 0.2) is 5.16 Å². The highest BCUT2D eigenvalue weighted by molar-refractivity contribution is 7.99. The van der Waals surface area contributed by atoms with Gasteiger partial charge in [0.25, 0.3) is 0 Å². The molecule has 1 aliphatic carbocycles. The fraction of sp³-hybridized carbons (Fsp3) is 0.250. The van der Waals surface area contributed by atoms with E-state index < -0.39 is 0 Å². The van der Waals surface area contributed by atoms with Crippen molar-refractivity contribution in [3.63, 3.8) is 0 Å². The lowest BCUT2D eigenvalue weighted by molar-refractivity contribution is -0.117. The van der Waals surface area contributed by atoms with Crippen LogP contribution in [0.4, 0.5) is 5.69 Å². The molecule has 35 heavy (non-hydrogen) atoms. The molecule has 0 saturated heterocycles. The molecular formula is C28H26N4O2S. The van der Waals surface area contributed by atoms with Gasteiger partial charge in [0, 0.05) is 5.92 Å². The molecule has 0 spiro atoms. The topological polar surface area (TPSA) is 60.2 Å². The Hall–Kier alpha value is -3.58. The summed E-state index contributed by atoms with van der Waals surface area (Å²) in [6, 6.07) is 28.0. The number of nitrogens with zero attached hydrogens (tertiary/aromatic N) is 4. The highest BCUT2D eigenvalue weighted by Gasteiger charge is 2.34. The minimum atomic E-state index is -0.177. The number of ether oxygens (including phenoxy) is 1. The molecule has 4 aromatic rings. The largest absolute Gasteiger partial charge is 0.489 e. The molecule has 7 heteroatoms. The van der Waals surface area contributed by atoms with Crippen LogP contribution in [-0.2, 0) is 11.3 Å². The number of rotatable bonds is 7. The van der Waals surface area contributed by atoms with Crippen molar-refractivity contribution in [3.8, 4) is 5.75 Å². The highest BCUT2D eigenvalue weighted by Crippen LogP contribution is 2.41. The van der Waals surface area contributed by atoms with E-state index in [1.54, 1.807) is 0 Å². The molecular weight excluding hydrogens is 456 g/mol. The zero-order valence-electron chi connectivity index (χ0n) is 19.3. The number of hydrogen-bond acceptors (Lipinski definition) is 5. The van der Waals surface area contributed by atoms with E-state index in [2.05, 4.69) is 26.9 Å². The molecule has 0 unspecified atom stereocenters. The summed E-state index contributed by atoms with van der Waals surface area (Å²) < 4.78 is 8.22. The molecule has 6 nitrogen and oxygen atoms in total. The van der Waals surface area contributed by atoms with E-state index in [1.165, 1.54) is 17.3 Å². The van der Waals surface area contributed by atoms with Crippen LogP contribution < -0.4 is 9.64 Å².